The van der Waals surface area contributed by atoms with Crippen LogP contribution in [0.15, 0.2) is 23.1 Å². The summed E-state index contributed by atoms with van der Waals surface area (Å²) in [6.45, 7) is 0.513. The summed E-state index contributed by atoms with van der Waals surface area (Å²) in [5, 5.41) is 0. The van der Waals surface area contributed by atoms with Gasteiger partial charge in [0.05, 0.1) is 5.69 Å². The highest BCUT2D eigenvalue weighted by Gasteiger charge is 2.40. The number of nitrogen functional groups attached to an aromatic ring is 1. The van der Waals surface area contributed by atoms with Crippen LogP contribution in [-0.4, -0.2) is 25.3 Å². The minimum absolute atomic E-state index is 0.0557. The first-order valence-electron chi connectivity index (χ1n) is 7.57. The molecule has 1 aromatic rings. The van der Waals surface area contributed by atoms with Gasteiger partial charge in [0.15, 0.2) is 0 Å². The van der Waals surface area contributed by atoms with E-state index >= 15 is 0 Å². The Balaban J connectivity index is 1.98. The van der Waals surface area contributed by atoms with E-state index in [4.69, 9.17) is 5.73 Å². The third-order valence-corrected chi connectivity index (χ3v) is 6.73. The summed E-state index contributed by atoms with van der Waals surface area (Å²) in [4.78, 5) is -0.0891. The molecule has 0 unspecified atom stereocenters. The van der Waals surface area contributed by atoms with Gasteiger partial charge in [-0.15, -0.1) is 0 Å². The van der Waals surface area contributed by atoms with Gasteiger partial charge < -0.3 is 5.73 Å². The second-order valence-corrected chi connectivity index (χ2v) is 7.91. The summed E-state index contributed by atoms with van der Waals surface area (Å²) in [6, 6.07) is 3.61. The van der Waals surface area contributed by atoms with Crippen molar-refractivity contribution in [3.8, 4) is 0 Å². The minimum Gasteiger partial charge on any atom is -0.398 e. The molecule has 1 saturated carbocycles. The van der Waals surface area contributed by atoms with Crippen LogP contribution in [0.25, 0.3) is 0 Å². The van der Waals surface area contributed by atoms with Gasteiger partial charge in [0.2, 0.25) is 10.0 Å². The summed E-state index contributed by atoms with van der Waals surface area (Å²) in [7, 11) is -3.72. The van der Waals surface area contributed by atoms with Gasteiger partial charge in [-0.1, -0.05) is 12.8 Å². The van der Waals surface area contributed by atoms with Crippen molar-refractivity contribution >= 4 is 15.7 Å². The molecule has 3 rings (SSSR count). The average Bonchev–Trinajstić information content (AvgIpc) is 2.49. The Bertz CT molecular complexity index is 631. The second-order valence-electron chi connectivity index (χ2n) is 6.05. The number of sulfonamides is 1. The molecule has 2 aliphatic rings. The lowest BCUT2D eigenvalue weighted by Gasteiger charge is -2.43. The average molecular weight is 312 g/mol. The van der Waals surface area contributed by atoms with E-state index in [-0.39, 0.29) is 16.6 Å². The predicted octanol–water partition coefficient (Wildman–Crippen LogP) is 2.75. The molecule has 0 spiro atoms. The van der Waals surface area contributed by atoms with Crippen molar-refractivity contribution < 1.29 is 12.8 Å². The molecule has 0 amide bonds. The molecule has 21 heavy (non-hydrogen) atoms. The number of piperidine rings is 1. The summed E-state index contributed by atoms with van der Waals surface area (Å²) < 4.78 is 40.8. The maximum atomic E-state index is 13.4. The van der Waals surface area contributed by atoms with Crippen molar-refractivity contribution in [3.05, 3.63) is 24.0 Å². The Hall–Kier alpha value is -1.14. The van der Waals surface area contributed by atoms with E-state index in [2.05, 4.69) is 0 Å². The molecule has 1 aliphatic heterocycles. The lowest BCUT2D eigenvalue weighted by atomic mass is 9.79. The fourth-order valence-corrected chi connectivity index (χ4v) is 5.62. The zero-order chi connectivity index (χ0) is 15.0. The van der Waals surface area contributed by atoms with E-state index in [1.807, 2.05) is 0 Å². The first-order chi connectivity index (χ1) is 10.00. The van der Waals surface area contributed by atoms with Crippen LogP contribution in [0, 0.1) is 11.7 Å². The van der Waals surface area contributed by atoms with Gasteiger partial charge in [0.25, 0.3) is 0 Å². The quantitative estimate of drug-likeness (QED) is 0.854. The normalized spacial score (nSPS) is 27.3. The van der Waals surface area contributed by atoms with Gasteiger partial charge >= 0.3 is 0 Å². The predicted molar refractivity (Wildman–Crippen MR) is 79.7 cm³/mol. The molecule has 116 valence electrons. The molecule has 0 bridgehead atoms. The summed E-state index contributed by atoms with van der Waals surface area (Å²) in [5.74, 6) is -0.128. The molecule has 1 saturated heterocycles. The Kier molecular flexibility index (Phi) is 3.92. The SMILES string of the molecule is Nc1ccc(F)cc1S(=O)(=O)N1CCC[C@H]2CCCC[C@H]21. The molecular weight excluding hydrogens is 291 g/mol. The molecular formula is C15H21FN2O2S. The number of rotatable bonds is 2. The van der Waals surface area contributed by atoms with Crippen molar-refractivity contribution in [2.75, 3.05) is 12.3 Å². The smallest absolute Gasteiger partial charge is 0.245 e. The number of halogens is 1. The number of nitrogens with two attached hydrogens (primary N) is 1. The molecule has 0 radical (unpaired) electrons. The highest BCUT2D eigenvalue weighted by atomic mass is 32.2. The summed E-state index contributed by atoms with van der Waals surface area (Å²) in [6.07, 6.45) is 6.20. The van der Waals surface area contributed by atoms with Crippen molar-refractivity contribution in [1.82, 2.24) is 4.31 Å². The number of hydrogen-bond donors (Lipinski definition) is 1. The van der Waals surface area contributed by atoms with E-state index in [0.717, 1.165) is 38.2 Å². The highest BCUT2D eigenvalue weighted by Crippen LogP contribution is 2.38. The van der Waals surface area contributed by atoms with Crippen LogP contribution in [0.3, 0.4) is 0 Å². The molecule has 1 aromatic carbocycles. The highest BCUT2D eigenvalue weighted by molar-refractivity contribution is 7.89. The molecule has 6 heteroatoms. The number of hydrogen-bond acceptors (Lipinski definition) is 3. The van der Waals surface area contributed by atoms with Crippen LogP contribution >= 0.6 is 0 Å². The lowest BCUT2D eigenvalue weighted by molar-refractivity contribution is 0.129. The summed E-state index contributed by atoms with van der Waals surface area (Å²) >= 11 is 0. The van der Waals surface area contributed by atoms with E-state index in [9.17, 15) is 12.8 Å². The molecule has 2 atom stereocenters. The third-order valence-electron chi connectivity index (χ3n) is 4.75. The topological polar surface area (TPSA) is 63.4 Å². The minimum atomic E-state index is -3.72. The fraction of sp³-hybridized carbons (Fsp3) is 0.600. The van der Waals surface area contributed by atoms with Crippen LogP contribution in [0.2, 0.25) is 0 Å². The van der Waals surface area contributed by atoms with Gasteiger partial charge in [-0.3, -0.25) is 0 Å². The zero-order valence-corrected chi connectivity index (χ0v) is 12.8. The van der Waals surface area contributed by atoms with Gasteiger partial charge in [-0.25, -0.2) is 12.8 Å². The maximum absolute atomic E-state index is 13.4. The second kappa shape index (κ2) is 5.57. The Morgan fingerprint density at radius 1 is 1.14 bits per heavy atom. The largest absolute Gasteiger partial charge is 0.398 e. The van der Waals surface area contributed by atoms with Gasteiger partial charge in [0.1, 0.15) is 10.7 Å². The van der Waals surface area contributed by atoms with E-state index in [1.54, 1.807) is 4.31 Å². The van der Waals surface area contributed by atoms with Gasteiger partial charge in [-0.05, 0) is 49.8 Å². The number of fused-ring (bicyclic) bond motifs is 1. The first-order valence-corrected chi connectivity index (χ1v) is 9.01. The van der Waals surface area contributed by atoms with Crippen LogP contribution in [0.1, 0.15) is 38.5 Å². The van der Waals surface area contributed by atoms with Crippen molar-refractivity contribution in [2.45, 2.75) is 49.5 Å². The number of anilines is 1. The van der Waals surface area contributed by atoms with Crippen LogP contribution < -0.4 is 5.73 Å². The van der Waals surface area contributed by atoms with Crippen LogP contribution in [0.5, 0.6) is 0 Å². The number of benzene rings is 1. The van der Waals surface area contributed by atoms with Crippen molar-refractivity contribution in [3.63, 3.8) is 0 Å². The molecule has 1 aliphatic carbocycles. The summed E-state index contributed by atoms with van der Waals surface area (Å²) in [5.41, 5.74) is 5.90. The fourth-order valence-electron chi connectivity index (χ4n) is 3.74. The molecule has 0 aromatic heterocycles. The molecule has 4 nitrogen and oxygen atoms in total. The zero-order valence-electron chi connectivity index (χ0n) is 12.0. The van der Waals surface area contributed by atoms with E-state index < -0.39 is 15.8 Å². The van der Waals surface area contributed by atoms with Crippen LogP contribution in [-0.2, 0) is 10.0 Å². The first kappa shape index (κ1) is 14.8. The van der Waals surface area contributed by atoms with E-state index in [1.165, 1.54) is 18.6 Å². The van der Waals surface area contributed by atoms with E-state index in [0.29, 0.717) is 12.5 Å². The van der Waals surface area contributed by atoms with Crippen LogP contribution in [0.4, 0.5) is 10.1 Å². The van der Waals surface area contributed by atoms with Gasteiger partial charge in [0, 0.05) is 12.6 Å². The molecule has 1 heterocycles. The Morgan fingerprint density at radius 2 is 1.86 bits per heavy atom. The maximum Gasteiger partial charge on any atom is 0.245 e. The number of nitrogens with zero attached hydrogens (tertiary/aromatic N) is 1. The van der Waals surface area contributed by atoms with Crippen molar-refractivity contribution in [1.29, 1.82) is 0 Å². The van der Waals surface area contributed by atoms with Gasteiger partial charge in [-0.2, -0.15) is 4.31 Å². The Labute approximate surface area is 125 Å². The third kappa shape index (κ3) is 2.66. The standard InChI is InChI=1S/C15H21FN2O2S/c16-12-7-8-13(17)15(10-12)21(19,20)18-9-3-5-11-4-1-2-6-14(11)18/h7-8,10-11,14H,1-6,9,17H2/t11-,14-/m1/s1. The monoisotopic (exact) mass is 312 g/mol. The molecule has 2 N–H and O–H groups in total. The Morgan fingerprint density at radius 3 is 2.67 bits per heavy atom. The molecule has 2 fully saturated rings. The van der Waals surface area contributed by atoms with Crippen molar-refractivity contribution in [2.24, 2.45) is 5.92 Å². The lowest BCUT2D eigenvalue weighted by Crippen LogP contribution is -2.49.